The minimum atomic E-state index is -0.887. The second kappa shape index (κ2) is 5.31. The predicted molar refractivity (Wildman–Crippen MR) is 73.2 cm³/mol. The van der Waals surface area contributed by atoms with E-state index in [1.165, 1.54) is 0 Å². The molecule has 2 rings (SSSR count). The predicted octanol–water partition coefficient (Wildman–Crippen LogP) is 2.29. The molecule has 1 aliphatic carbocycles. The molecule has 0 bridgehead atoms. The molecule has 0 aliphatic heterocycles. The van der Waals surface area contributed by atoms with Crippen LogP contribution in [0.1, 0.15) is 36.2 Å². The Kier molecular flexibility index (Phi) is 3.92. The second-order valence-electron chi connectivity index (χ2n) is 5.72. The van der Waals surface area contributed by atoms with Crippen molar-refractivity contribution in [1.82, 2.24) is 5.32 Å². The molecule has 1 saturated carbocycles. The lowest BCUT2D eigenvalue weighted by Gasteiger charge is -2.51. The molecule has 0 saturated heterocycles. The summed E-state index contributed by atoms with van der Waals surface area (Å²) in [6.07, 6.45) is 1.34. The van der Waals surface area contributed by atoms with E-state index in [-0.39, 0.29) is 5.41 Å². The molecule has 0 amide bonds. The lowest BCUT2D eigenvalue weighted by atomic mass is 9.64. The number of ether oxygens (including phenoxy) is 1. The Morgan fingerprint density at radius 1 is 1.42 bits per heavy atom. The van der Waals surface area contributed by atoms with Crippen LogP contribution in [0.25, 0.3) is 0 Å². The summed E-state index contributed by atoms with van der Waals surface area (Å²) in [7, 11) is 1.76. The first-order valence-electron chi connectivity index (χ1n) is 6.53. The fraction of sp³-hybridized carbons (Fsp3) is 0.533. The van der Waals surface area contributed by atoms with Gasteiger partial charge in [-0.25, -0.2) is 4.79 Å². The number of benzene rings is 1. The number of hydrogen-bond acceptors (Lipinski definition) is 3. The molecule has 0 spiro atoms. The van der Waals surface area contributed by atoms with Gasteiger partial charge in [-0.2, -0.15) is 0 Å². The summed E-state index contributed by atoms with van der Waals surface area (Å²) in [5.41, 5.74) is 1.57. The van der Waals surface area contributed by atoms with Gasteiger partial charge in [-0.3, -0.25) is 0 Å². The van der Waals surface area contributed by atoms with E-state index in [4.69, 9.17) is 9.84 Å². The Hall–Kier alpha value is -1.39. The zero-order valence-corrected chi connectivity index (χ0v) is 11.6. The Balaban J connectivity index is 1.88. The third-order valence-electron chi connectivity index (χ3n) is 4.22. The number of carbonyl (C=O) groups is 1. The number of rotatable bonds is 5. The SMILES string of the molecule is COC1CC(NCc2ccc(C(=O)O)cc2)C1(C)C. The Bertz CT molecular complexity index is 453. The van der Waals surface area contributed by atoms with Crippen LogP contribution in [-0.2, 0) is 11.3 Å². The fourth-order valence-corrected chi connectivity index (χ4v) is 2.64. The van der Waals surface area contributed by atoms with Crippen LogP contribution in [0, 0.1) is 5.41 Å². The molecule has 104 valence electrons. The van der Waals surface area contributed by atoms with Crippen molar-refractivity contribution in [3.8, 4) is 0 Å². The van der Waals surface area contributed by atoms with Gasteiger partial charge in [0.15, 0.2) is 0 Å². The summed E-state index contributed by atoms with van der Waals surface area (Å²) in [6.45, 7) is 5.16. The number of nitrogens with one attached hydrogen (secondary N) is 1. The molecule has 4 heteroatoms. The molecular weight excluding hydrogens is 242 g/mol. The highest BCUT2D eigenvalue weighted by Crippen LogP contribution is 2.42. The zero-order valence-electron chi connectivity index (χ0n) is 11.6. The summed E-state index contributed by atoms with van der Waals surface area (Å²) < 4.78 is 5.42. The van der Waals surface area contributed by atoms with Gasteiger partial charge in [-0.1, -0.05) is 26.0 Å². The maximum absolute atomic E-state index is 10.8. The van der Waals surface area contributed by atoms with Crippen LogP contribution in [0.15, 0.2) is 24.3 Å². The van der Waals surface area contributed by atoms with E-state index in [2.05, 4.69) is 19.2 Å². The van der Waals surface area contributed by atoms with Crippen molar-refractivity contribution in [2.75, 3.05) is 7.11 Å². The van der Waals surface area contributed by atoms with Crippen LogP contribution in [-0.4, -0.2) is 30.3 Å². The number of aromatic carboxylic acids is 1. The van der Waals surface area contributed by atoms with Crippen molar-refractivity contribution in [2.45, 2.75) is 39.0 Å². The van der Waals surface area contributed by atoms with Gasteiger partial charge in [0, 0.05) is 25.1 Å². The standard InChI is InChI=1S/C15H21NO3/c1-15(2)12(8-13(15)19-3)16-9-10-4-6-11(7-5-10)14(17)18/h4-7,12-13,16H,8-9H2,1-3H3,(H,17,18). The van der Waals surface area contributed by atoms with Crippen LogP contribution < -0.4 is 5.32 Å². The largest absolute Gasteiger partial charge is 0.478 e. The maximum Gasteiger partial charge on any atom is 0.335 e. The van der Waals surface area contributed by atoms with E-state index >= 15 is 0 Å². The van der Waals surface area contributed by atoms with Gasteiger partial charge in [0.1, 0.15) is 0 Å². The minimum absolute atomic E-state index is 0.149. The van der Waals surface area contributed by atoms with E-state index in [9.17, 15) is 4.79 Å². The molecule has 1 aromatic carbocycles. The highest BCUT2D eigenvalue weighted by Gasteiger charge is 2.48. The van der Waals surface area contributed by atoms with Gasteiger partial charge < -0.3 is 15.2 Å². The molecule has 0 aromatic heterocycles. The molecule has 1 aromatic rings. The van der Waals surface area contributed by atoms with Crippen molar-refractivity contribution >= 4 is 5.97 Å². The number of methoxy groups -OCH3 is 1. The van der Waals surface area contributed by atoms with Crippen molar-refractivity contribution in [3.05, 3.63) is 35.4 Å². The zero-order chi connectivity index (χ0) is 14.0. The summed E-state index contributed by atoms with van der Waals surface area (Å²) in [6, 6.07) is 7.44. The monoisotopic (exact) mass is 263 g/mol. The lowest BCUT2D eigenvalue weighted by molar-refractivity contribution is -0.0979. The molecule has 19 heavy (non-hydrogen) atoms. The lowest BCUT2D eigenvalue weighted by Crippen LogP contribution is -2.60. The number of carboxylic acid groups (broad SMARTS) is 1. The van der Waals surface area contributed by atoms with Crippen molar-refractivity contribution in [1.29, 1.82) is 0 Å². The Labute approximate surface area is 113 Å². The van der Waals surface area contributed by atoms with Crippen LogP contribution >= 0.6 is 0 Å². The Morgan fingerprint density at radius 3 is 2.53 bits per heavy atom. The number of hydrogen-bond donors (Lipinski definition) is 2. The average Bonchev–Trinajstić information content (AvgIpc) is 2.38. The summed E-state index contributed by atoms with van der Waals surface area (Å²) in [5, 5.41) is 12.3. The fourth-order valence-electron chi connectivity index (χ4n) is 2.64. The highest BCUT2D eigenvalue weighted by atomic mass is 16.5. The first kappa shape index (κ1) is 14.0. The summed E-state index contributed by atoms with van der Waals surface area (Å²) >= 11 is 0. The summed E-state index contributed by atoms with van der Waals surface area (Å²) in [4.78, 5) is 10.8. The van der Waals surface area contributed by atoms with E-state index in [0.29, 0.717) is 17.7 Å². The second-order valence-corrected chi connectivity index (χ2v) is 5.72. The van der Waals surface area contributed by atoms with Crippen LogP contribution in [0.5, 0.6) is 0 Å². The van der Waals surface area contributed by atoms with Gasteiger partial charge in [0.25, 0.3) is 0 Å². The van der Waals surface area contributed by atoms with E-state index < -0.39 is 5.97 Å². The third-order valence-corrected chi connectivity index (χ3v) is 4.22. The van der Waals surface area contributed by atoms with E-state index in [0.717, 1.165) is 18.5 Å². The van der Waals surface area contributed by atoms with Crippen molar-refractivity contribution in [2.24, 2.45) is 5.41 Å². The smallest absolute Gasteiger partial charge is 0.335 e. The van der Waals surface area contributed by atoms with Gasteiger partial charge in [-0.05, 0) is 24.1 Å². The highest BCUT2D eigenvalue weighted by molar-refractivity contribution is 5.87. The molecule has 2 unspecified atom stereocenters. The molecule has 4 nitrogen and oxygen atoms in total. The number of carboxylic acids is 1. The molecule has 0 heterocycles. The molecule has 1 aliphatic rings. The average molecular weight is 263 g/mol. The maximum atomic E-state index is 10.8. The molecule has 2 atom stereocenters. The van der Waals surface area contributed by atoms with Crippen LogP contribution in [0.2, 0.25) is 0 Å². The quantitative estimate of drug-likeness (QED) is 0.855. The van der Waals surface area contributed by atoms with E-state index in [1.807, 2.05) is 12.1 Å². The van der Waals surface area contributed by atoms with Crippen LogP contribution in [0.4, 0.5) is 0 Å². The summed E-state index contributed by atoms with van der Waals surface area (Å²) in [5.74, 6) is -0.887. The van der Waals surface area contributed by atoms with Crippen LogP contribution in [0.3, 0.4) is 0 Å². The first-order chi connectivity index (χ1) is 8.95. The molecule has 2 N–H and O–H groups in total. The van der Waals surface area contributed by atoms with Gasteiger partial charge in [-0.15, -0.1) is 0 Å². The van der Waals surface area contributed by atoms with Gasteiger partial charge in [0.05, 0.1) is 11.7 Å². The van der Waals surface area contributed by atoms with Gasteiger partial charge in [0.2, 0.25) is 0 Å². The van der Waals surface area contributed by atoms with E-state index in [1.54, 1.807) is 19.2 Å². The van der Waals surface area contributed by atoms with Crippen molar-refractivity contribution < 1.29 is 14.6 Å². The first-order valence-corrected chi connectivity index (χ1v) is 6.53. The normalized spacial score (nSPS) is 24.8. The minimum Gasteiger partial charge on any atom is -0.478 e. The Morgan fingerprint density at radius 2 is 2.05 bits per heavy atom. The topological polar surface area (TPSA) is 58.6 Å². The van der Waals surface area contributed by atoms with Gasteiger partial charge >= 0.3 is 5.97 Å². The molecule has 0 radical (unpaired) electrons. The molecular formula is C15H21NO3. The van der Waals surface area contributed by atoms with Crippen molar-refractivity contribution in [3.63, 3.8) is 0 Å². The molecule has 1 fully saturated rings. The third kappa shape index (κ3) is 2.80.